The van der Waals surface area contributed by atoms with Crippen molar-refractivity contribution < 1.29 is 14.4 Å². The van der Waals surface area contributed by atoms with Crippen molar-refractivity contribution in [3.8, 4) is 0 Å². The molecule has 2 fully saturated rings. The smallest absolute Gasteiger partial charge is 0.254 e. The lowest BCUT2D eigenvalue weighted by Crippen LogP contribution is -2.54. The van der Waals surface area contributed by atoms with E-state index in [1.54, 1.807) is 11.8 Å². The maximum Gasteiger partial charge on any atom is 0.254 e. The molecule has 1 amide bonds. The summed E-state index contributed by atoms with van der Waals surface area (Å²) in [5, 5.41) is 14.3. The van der Waals surface area contributed by atoms with Crippen LogP contribution in [0.2, 0.25) is 0 Å². The van der Waals surface area contributed by atoms with Crippen molar-refractivity contribution in [3.05, 3.63) is 11.7 Å². The Labute approximate surface area is 123 Å². The van der Waals surface area contributed by atoms with E-state index in [-0.39, 0.29) is 5.91 Å². The molecule has 3 rings (SSSR count). The van der Waals surface area contributed by atoms with Crippen molar-refractivity contribution in [1.82, 2.24) is 19.9 Å². The van der Waals surface area contributed by atoms with Crippen LogP contribution in [-0.2, 0) is 11.3 Å². The summed E-state index contributed by atoms with van der Waals surface area (Å²) in [6.07, 6.45) is 3.10. The molecule has 1 aromatic heterocycles. The van der Waals surface area contributed by atoms with Crippen LogP contribution in [0.25, 0.3) is 0 Å². The molecule has 1 N–H and O–H groups in total. The fraction of sp³-hybridized carbons (Fsp3) is 0.786. The van der Waals surface area contributed by atoms with E-state index in [4.69, 9.17) is 4.52 Å². The summed E-state index contributed by atoms with van der Waals surface area (Å²) in [5.41, 5.74) is -1.10. The van der Waals surface area contributed by atoms with E-state index in [1.807, 2.05) is 0 Å². The molecule has 1 aliphatic heterocycles. The average molecular weight is 294 g/mol. The Bertz CT molecular complexity index is 502. The molecule has 1 aliphatic carbocycles. The van der Waals surface area contributed by atoms with E-state index >= 15 is 0 Å². The number of hydrogen-bond donors (Lipinski definition) is 1. The Morgan fingerprint density at radius 2 is 1.95 bits per heavy atom. The Kier molecular flexibility index (Phi) is 3.95. The van der Waals surface area contributed by atoms with Gasteiger partial charge in [-0.3, -0.25) is 9.69 Å². The van der Waals surface area contributed by atoms with Gasteiger partial charge in [-0.05, 0) is 25.7 Å². The number of aryl methyl sites for hydroxylation is 1. The number of piperazine rings is 1. The van der Waals surface area contributed by atoms with Crippen LogP contribution < -0.4 is 0 Å². The summed E-state index contributed by atoms with van der Waals surface area (Å²) in [7, 11) is 0. The molecule has 7 nitrogen and oxygen atoms in total. The van der Waals surface area contributed by atoms with Gasteiger partial charge in [-0.1, -0.05) is 5.16 Å². The molecule has 0 bridgehead atoms. The maximum absolute atomic E-state index is 12.4. The molecule has 1 aromatic rings. The monoisotopic (exact) mass is 294 g/mol. The van der Waals surface area contributed by atoms with Crippen LogP contribution in [-0.4, -0.2) is 62.7 Å². The predicted octanol–water partition coefficient (Wildman–Crippen LogP) is 0.327. The second-order valence-electron chi connectivity index (χ2n) is 6.04. The lowest BCUT2D eigenvalue weighted by atomic mass is 10.00. The maximum atomic E-state index is 12.4. The van der Waals surface area contributed by atoms with Crippen LogP contribution in [0.5, 0.6) is 0 Å². The summed E-state index contributed by atoms with van der Waals surface area (Å²) in [6, 6.07) is 0. The Morgan fingerprint density at radius 1 is 1.29 bits per heavy atom. The third kappa shape index (κ3) is 3.08. The number of rotatable bonds is 3. The molecule has 0 aromatic carbocycles. The number of aromatic nitrogens is 2. The van der Waals surface area contributed by atoms with Crippen LogP contribution in [0.1, 0.15) is 37.4 Å². The first-order valence-electron chi connectivity index (χ1n) is 7.60. The van der Waals surface area contributed by atoms with Gasteiger partial charge in [-0.2, -0.15) is 4.98 Å². The highest BCUT2D eigenvalue weighted by Gasteiger charge is 2.42. The first-order valence-corrected chi connectivity index (χ1v) is 7.60. The molecule has 116 valence electrons. The summed E-state index contributed by atoms with van der Waals surface area (Å²) >= 11 is 0. The van der Waals surface area contributed by atoms with Crippen LogP contribution >= 0.6 is 0 Å². The molecule has 2 aliphatic rings. The zero-order chi connectivity index (χ0) is 14.9. The van der Waals surface area contributed by atoms with Gasteiger partial charge in [0.15, 0.2) is 5.82 Å². The average Bonchev–Trinajstić information content (AvgIpc) is 3.09. The van der Waals surface area contributed by atoms with Gasteiger partial charge < -0.3 is 14.5 Å². The lowest BCUT2D eigenvalue weighted by Gasteiger charge is -2.37. The number of amides is 1. The number of aliphatic hydroxyl groups is 1. The third-order valence-electron chi connectivity index (χ3n) is 4.42. The van der Waals surface area contributed by atoms with Crippen molar-refractivity contribution >= 4 is 5.91 Å². The Balaban J connectivity index is 1.52. The van der Waals surface area contributed by atoms with Gasteiger partial charge in [0, 0.05) is 33.1 Å². The SMILES string of the molecule is Cc1nc(CN2CCN(C(=O)C3(O)CCCC3)CC2)no1. The van der Waals surface area contributed by atoms with Gasteiger partial charge >= 0.3 is 0 Å². The minimum absolute atomic E-state index is 0.0879. The van der Waals surface area contributed by atoms with Gasteiger partial charge in [-0.25, -0.2) is 0 Å². The van der Waals surface area contributed by atoms with E-state index in [1.165, 1.54) is 0 Å². The quantitative estimate of drug-likeness (QED) is 0.865. The first-order chi connectivity index (χ1) is 10.1. The Morgan fingerprint density at radius 3 is 2.52 bits per heavy atom. The fourth-order valence-corrected chi connectivity index (χ4v) is 3.18. The molecule has 1 saturated heterocycles. The molecule has 21 heavy (non-hydrogen) atoms. The molecule has 0 unspecified atom stereocenters. The summed E-state index contributed by atoms with van der Waals surface area (Å²) in [4.78, 5) is 20.6. The number of hydrogen-bond acceptors (Lipinski definition) is 6. The summed E-state index contributed by atoms with van der Waals surface area (Å²) in [6.45, 7) is 5.26. The fourth-order valence-electron chi connectivity index (χ4n) is 3.18. The zero-order valence-electron chi connectivity index (χ0n) is 12.4. The molecule has 2 heterocycles. The topological polar surface area (TPSA) is 82.7 Å². The van der Waals surface area contributed by atoms with Crippen LogP contribution in [0.15, 0.2) is 4.52 Å². The molecule has 0 spiro atoms. The van der Waals surface area contributed by atoms with E-state index in [9.17, 15) is 9.90 Å². The predicted molar refractivity (Wildman–Crippen MR) is 74.3 cm³/mol. The van der Waals surface area contributed by atoms with Crippen molar-refractivity contribution in [1.29, 1.82) is 0 Å². The molecule has 1 saturated carbocycles. The lowest BCUT2D eigenvalue weighted by molar-refractivity contribution is -0.152. The first kappa shape index (κ1) is 14.5. The largest absolute Gasteiger partial charge is 0.380 e. The van der Waals surface area contributed by atoms with Crippen molar-refractivity contribution in [2.24, 2.45) is 0 Å². The highest BCUT2D eigenvalue weighted by molar-refractivity contribution is 5.85. The van der Waals surface area contributed by atoms with Gasteiger partial charge in [0.1, 0.15) is 5.60 Å². The molecule has 0 radical (unpaired) electrons. The third-order valence-corrected chi connectivity index (χ3v) is 4.42. The van der Waals surface area contributed by atoms with Crippen LogP contribution in [0.3, 0.4) is 0 Å². The van der Waals surface area contributed by atoms with Crippen LogP contribution in [0, 0.1) is 6.92 Å². The van der Waals surface area contributed by atoms with Crippen molar-refractivity contribution in [3.63, 3.8) is 0 Å². The number of carbonyl (C=O) groups is 1. The van der Waals surface area contributed by atoms with E-state index < -0.39 is 5.60 Å². The number of nitrogens with zero attached hydrogens (tertiary/aromatic N) is 4. The minimum atomic E-state index is -1.10. The normalized spacial score (nSPS) is 22.7. The van der Waals surface area contributed by atoms with E-state index in [0.29, 0.717) is 44.2 Å². The highest BCUT2D eigenvalue weighted by atomic mass is 16.5. The van der Waals surface area contributed by atoms with Gasteiger partial charge in [0.05, 0.1) is 6.54 Å². The van der Waals surface area contributed by atoms with Gasteiger partial charge in [-0.15, -0.1) is 0 Å². The van der Waals surface area contributed by atoms with Crippen molar-refractivity contribution in [2.75, 3.05) is 26.2 Å². The second-order valence-corrected chi connectivity index (χ2v) is 6.04. The van der Waals surface area contributed by atoms with Crippen molar-refractivity contribution in [2.45, 2.75) is 44.8 Å². The summed E-state index contributed by atoms with van der Waals surface area (Å²) < 4.78 is 4.96. The summed E-state index contributed by atoms with van der Waals surface area (Å²) in [5.74, 6) is 1.17. The second kappa shape index (κ2) is 5.73. The molecule has 7 heteroatoms. The highest BCUT2D eigenvalue weighted by Crippen LogP contribution is 2.31. The molecular weight excluding hydrogens is 272 g/mol. The number of carbonyl (C=O) groups excluding carboxylic acids is 1. The van der Waals surface area contributed by atoms with Gasteiger partial charge in [0.2, 0.25) is 5.89 Å². The van der Waals surface area contributed by atoms with Crippen LogP contribution in [0.4, 0.5) is 0 Å². The standard InChI is InChI=1S/C14H22N4O3/c1-11-15-12(16-21-11)10-17-6-8-18(9-7-17)13(19)14(20)4-2-3-5-14/h20H,2-10H2,1H3. The van der Waals surface area contributed by atoms with Gasteiger partial charge in [0.25, 0.3) is 5.91 Å². The molecular formula is C14H22N4O3. The Hall–Kier alpha value is -1.47. The van der Waals surface area contributed by atoms with E-state index in [0.717, 1.165) is 25.9 Å². The minimum Gasteiger partial charge on any atom is -0.380 e. The van der Waals surface area contributed by atoms with E-state index in [2.05, 4.69) is 15.0 Å². The molecule has 0 atom stereocenters. The zero-order valence-corrected chi connectivity index (χ0v) is 12.4.